The third-order valence-corrected chi connectivity index (χ3v) is 5.54. The number of fused-ring (bicyclic) bond motifs is 1. The van der Waals surface area contributed by atoms with Crippen molar-refractivity contribution in [1.29, 1.82) is 0 Å². The fraction of sp³-hybridized carbons (Fsp3) is 0.304. The van der Waals surface area contributed by atoms with Crippen LogP contribution in [0.1, 0.15) is 41.3 Å². The minimum atomic E-state index is -0.516. The van der Waals surface area contributed by atoms with Gasteiger partial charge in [0.2, 0.25) is 5.91 Å². The molecule has 2 aromatic heterocycles. The number of piperazine rings is 1. The molecule has 0 atom stereocenters. The molecule has 31 heavy (non-hydrogen) atoms. The first-order valence-electron chi connectivity index (χ1n) is 10.4. The number of nitrogens with one attached hydrogen (secondary N) is 1. The molecule has 0 bridgehead atoms. The molecule has 4 rings (SSSR count). The van der Waals surface area contributed by atoms with Crippen LogP contribution in [-0.2, 0) is 4.79 Å². The van der Waals surface area contributed by atoms with Gasteiger partial charge in [-0.15, -0.1) is 0 Å². The highest BCUT2D eigenvalue weighted by molar-refractivity contribution is 5.95. The van der Waals surface area contributed by atoms with Gasteiger partial charge in [-0.2, -0.15) is 0 Å². The Hall–Kier alpha value is -3.68. The number of aromatic amines is 1. The molecule has 1 saturated heterocycles. The van der Waals surface area contributed by atoms with Crippen molar-refractivity contribution in [2.75, 3.05) is 31.1 Å². The maximum atomic E-state index is 12.9. The number of rotatable bonds is 5. The van der Waals surface area contributed by atoms with Crippen LogP contribution in [0.4, 0.5) is 5.82 Å². The third kappa shape index (κ3) is 4.42. The number of hydrogen-bond acceptors (Lipinski definition) is 5. The molecule has 160 valence electrons. The van der Waals surface area contributed by atoms with Gasteiger partial charge in [-0.05, 0) is 29.7 Å². The number of nitrogens with two attached hydrogens (primary N) is 1. The maximum absolute atomic E-state index is 12.9. The molecular weight excluding hydrogens is 392 g/mol. The summed E-state index contributed by atoms with van der Waals surface area (Å²) in [6.45, 7) is 6.86. The fourth-order valence-corrected chi connectivity index (χ4v) is 3.68. The van der Waals surface area contributed by atoms with E-state index in [4.69, 9.17) is 10.7 Å². The zero-order chi connectivity index (χ0) is 22.0. The van der Waals surface area contributed by atoms with Gasteiger partial charge in [0, 0.05) is 49.6 Å². The molecule has 0 unspecified atom stereocenters. The molecule has 8 heteroatoms. The Balaban J connectivity index is 1.44. The fourth-order valence-electron chi connectivity index (χ4n) is 3.68. The van der Waals surface area contributed by atoms with Gasteiger partial charge in [-0.3, -0.25) is 9.59 Å². The zero-order valence-corrected chi connectivity index (χ0v) is 17.7. The van der Waals surface area contributed by atoms with E-state index in [1.807, 2.05) is 29.2 Å². The van der Waals surface area contributed by atoms with Gasteiger partial charge in [-0.1, -0.05) is 26.0 Å². The number of primary amides is 1. The Morgan fingerprint density at radius 1 is 1.13 bits per heavy atom. The third-order valence-electron chi connectivity index (χ3n) is 5.54. The number of benzene rings is 1. The minimum Gasteiger partial charge on any atom is -0.366 e. The van der Waals surface area contributed by atoms with Crippen LogP contribution in [0.15, 0.2) is 42.7 Å². The lowest BCUT2D eigenvalue weighted by molar-refractivity contribution is -0.113. The molecule has 0 spiro atoms. The van der Waals surface area contributed by atoms with Crippen LogP contribution in [0.25, 0.3) is 17.2 Å². The van der Waals surface area contributed by atoms with Crippen molar-refractivity contribution in [3.63, 3.8) is 0 Å². The average Bonchev–Trinajstić information content (AvgIpc) is 3.19. The summed E-state index contributed by atoms with van der Waals surface area (Å²) < 4.78 is 0. The molecule has 1 aliphatic heterocycles. The number of H-pyrrole nitrogens is 1. The first-order valence-corrected chi connectivity index (χ1v) is 10.4. The van der Waals surface area contributed by atoms with Crippen LogP contribution in [0, 0.1) is 0 Å². The number of hydrogen-bond donors (Lipinski definition) is 2. The lowest BCUT2D eigenvalue weighted by Gasteiger charge is -2.35. The average molecular weight is 419 g/mol. The zero-order valence-electron chi connectivity index (χ0n) is 17.7. The molecule has 1 aromatic carbocycles. The van der Waals surface area contributed by atoms with Crippen molar-refractivity contribution in [3.8, 4) is 0 Å². The monoisotopic (exact) mass is 418 g/mol. The van der Waals surface area contributed by atoms with Gasteiger partial charge >= 0.3 is 0 Å². The summed E-state index contributed by atoms with van der Waals surface area (Å²) in [6, 6.07) is 7.88. The van der Waals surface area contributed by atoms with Crippen LogP contribution in [0.3, 0.4) is 0 Å². The van der Waals surface area contributed by atoms with Gasteiger partial charge in [0.05, 0.1) is 6.20 Å². The summed E-state index contributed by atoms with van der Waals surface area (Å²) in [7, 11) is 0. The Morgan fingerprint density at radius 3 is 2.48 bits per heavy atom. The molecule has 0 radical (unpaired) electrons. The summed E-state index contributed by atoms with van der Waals surface area (Å²) in [5.41, 5.74) is 9.21. The van der Waals surface area contributed by atoms with Gasteiger partial charge in [0.25, 0.3) is 5.91 Å². The second kappa shape index (κ2) is 8.59. The van der Waals surface area contributed by atoms with Crippen LogP contribution in [0.5, 0.6) is 0 Å². The number of nitrogens with zero attached hydrogens (tertiary/aromatic N) is 4. The molecule has 1 fully saturated rings. The molecule has 8 nitrogen and oxygen atoms in total. The molecule has 3 heterocycles. The van der Waals surface area contributed by atoms with Crippen molar-refractivity contribution in [1.82, 2.24) is 19.9 Å². The summed E-state index contributed by atoms with van der Waals surface area (Å²) in [5, 5.41) is 0. The maximum Gasteiger partial charge on any atom is 0.253 e. The van der Waals surface area contributed by atoms with Crippen LogP contribution >= 0.6 is 0 Å². The van der Waals surface area contributed by atoms with E-state index in [1.165, 1.54) is 11.6 Å². The quantitative estimate of drug-likeness (QED) is 0.619. The molecule has 3 aromatic rings. The van der Waals surface area contributed by atoms with Crippen LogP contribution < -0.4 is 10.6 Å². The minimum absolute atomic E-state index is 0.0565. The number of amides is 2. The van der Waals surface area contributed by atoms with Crippen molar-refractivity contribution in [3.05, 3.63) is 59.4 Å². The SMILES string of the molecule is CC(C)c1ccc(C(=O)N2CCN(c3cnc4[nH]cc(/C=C/C(N)=O)c4n3)CC2)cc1. The van der Waals surface area contributed by atoms with Crippen molar-refractivity contribution in [2.24, 2.45) is 5.73 Å². The Kier molecular flexibility index (Phi) is 5.70. The Labute approximate surface area is 180 Å². The standard InChI is InChI=1S/C23H26N6O2/c1-15(2)16-3-5-17(6-4-16)23(31)29-11-9-28(10-12-29)20-14-26-22-21(27-20)18(13-25-22)7-8-19(24)30/h3-8,13-15H,9-12H2,1-2H3,(H2,24,30)(H,25,26)/b8-7+. The second-order valence-electron chi connectivity index (χ2n) is 7.96. The van der Waals surface area contributed by atoms with E-state index in [2.05, 4.69) is 28.7 Å². The van der Waals surface area contributed by atoms with Crippen LogP contribution in [-0.4, -0.2) is 57.8 Å². The molecule has 3 N–H and O–H groups in total. The predicted molar refractivity (Wildman–Crippen MR) is 121 cm³/mol. The van der Waals surface area contributed by atoms with E-state index >= 15 is 0 Å². The van der Waals surface area contributed by atoms with E-state index in [0.29, 0.717) is 43.3 Å². The van der Waals surface area contributed by atoms with E-state index < -0.39 is 5.91 Å². The Bertz CT molecular complexity index is 1120. The molecule has 1 aliphatic rings. The first kappa shape index (κ1) is 20.6. The predicted octanol–water partition coefficient (Wildman–Crippen LogP) is 2.54. The Morgan fingerprint density at radius 2 is 1.84 bits per heavy atom. The normalized spacial score (nSPS) is 14.7. The van der Waals surface area contributed by atoms with Gasteiger partial charge in [0.15, 0.2) is 5.65 Å². The van der Waals surface area contributed by atoms with Gasteiger partial charge in [0.1, 0.15) is 11.3 Å². The molecule has 2 amide bonds. The summed E-state index contributed by atoms with van der Waals surface area (Å²) in [6.07, 6.45) is 6.40. The first-order chi connectivity index (χ1) is 14.9. The lowest BCUT2D eigenvalue weighted by atomic mass is 10.0. The highest BCUT2D eigenvalue weighted by Crippen LogP contribution is 2.21. The summed E-state index contributed by atoms with van der Waals surface area (Å²) >= 11 is 0. The van der Waals surface area contributed by atoms with E-state index in [9.17, 15) is 9.59 Å². The topological polar surface area (TPSA) is 108 Å². The highest BCUT2D eigenvalue weighted by Gasteiger charge is 2.23. The largest absolute Gasteiger partial charge is 0.366 e. The lowest BCUT2D eigenvalue weighted by Crippen LogP contribution is -2.49. The van der Waals surface area contributed by atoms with Crippen LogP contribution in [0.2, 0.25) is 0 Å². The van der Waals surface area contributed by atoms with E-state index in [1.54, 1.807) is 18.5 Å². The second-order valence-corrected chi connectivity index (χ2v) is 7.96. The van der Waals surface area contributed by atoms with Gasteiger partial charge in [-0.25, -0.2) is 9.97 Å². The molecular formula is C23H26N6O2. The van der Waals surface area contributed by atoms with E-state index in [0.717, 1.165) is 16.9 Å². The summed E-state index contributed by atoms with van der Waals surface area (Å²) in [5.74, 6) is 0.728. The highest BCUT2D eigenvalue weighted by atomic mass is 16.2. The molecule has 0 saturated carbocycles. The number of anilines is 1. The van der Waals surface area contributed by atoms with Gasteiger partial charge < -0.3 is 20.5 Å². The van der Waals surface area contributed by atoms with Crippen molar-refractivity contribution >= 4 is 34.9 Å². The number of aromatic nitrogens is 3. The van der Waals surface area contributed by atoms with Crippen molar-refractivity contribution < 1.29 is 9.59 Å². The number of carbonyl (C=O) groups excluding carboxylic acids is 2. The van der Waals surface area contributed by atoms with E-state index in [-0.39, 0.29) is 5.91 Å². The van der Waals surface area contributed by atoms with Crippen molar-refractivity contribution in [2.45, 2.75) is 19.8 Å². The number of carbonyl (C=O) groups is 2. The smallest absolute Gasteiger partial charge is 0.253 e. The summed E-state index contributed by atoms with van der Waals surface area (Å²) in [4.78, 5) is 40.1. The molecule has 0 aliphatic carbocycles.